The van der Waals surface area contributed by atoms with Crippen molar-refractivity contribution in [3.05, 3.63) is 30.1 Å². The van der Waals surface area contributed by atoms with Gasteiger partial charge in [0.15, 0.2) is 17.1 Å². The van der Waals surface area contributed by atoms with Crippen LogP contribution in [0.25, 0.3) is 22.7 Å². The third kappa shape index (κ3) is 4.20. The van der Waals surface area contributed by atoms with E-state index in [4.69, 9.17) is 10.5 Å². The molecule has 3 aromatic rings. The summed E-state index contributed by atoms with van der Waals surface area (Å²) in [6, 6.07) is 2.67. The molecule has 11 heteroatoms. The smallest absolute Gasteiger partial charge is 0.417 e. The van der Waals surface area contributed by atoms with Crippen molar-refractivity contribution in [2.45, 2.75) is 37.4 Å². The molecule has 0 spiro atoms. The van der Waals surface area contributed by atoms with E-state index in [9.17, 15) is 18.0 Å². The van der Waals surface area contributed by atoms with Crippen LogP contribution in [-0.4, -0.2) is 36.8 Å². The van der Waals surface area contributed by atoms with Gasteiger partial charge in [0, 0.05) is 18.1 Å². The maximum absolute atomic E-state index is 13.0. The van der Waals surface area contributed by atoms with Crippen molar-refractivity contribution in [1.82, 2.24) is 19.5 Å². The van der Waals surface area contributed by atoms with E-state index in [1.165, 1.54) is 18.0 Å². The number of imidazole rings is 1. The van der Waals surface area contributed by atoms with Gasteiger partial charge in [0.25, 0.3) is 5.91 Å². The third-order valence-electron chi connectivity index (χ3n) is 4.34. The Kier molecular flexibility index (Phi) is 5.68. The Bertz CT molecular complexity index is 1110. The van der Waals surface area contributed by atoms with Crippen molar-refractivity contribution in [2.24, 2.45) is 12.8 Å². The van der Waals surface area contributed by atoms with Crippen LogP contribution < -0.4 is 10.5 Å². The van der Waals surface area contributed by atoms with Crippen molar-refractivity contribution < 1.29 is 22.7 Å². The molecular formula is C19H20F3N5O2S. The first kappa shape index (κ1) is 21.9. The number of nitrogens with two attached hydrogens (primary N) is 1. The van der Waals surface area contributed by atoms with Crippen molar-refractivity contribution >= 4 is 28.8 Å². The molecule has 160 valence electrons. The summed E-state index contributed by atoms with van der Waals surface area (Å²) < 4.78 is 46.3. The highest BCUT2D eigenvalue weighted by Gasteiger charge is 2.32. The van der Waals surface area contributed by atoms with Gasteiger partial charge in [-0.2, -0.15) is 13.2 Å². The number of nitrogens with zero attached hydrogens (tertiary/aromatic N) is 4. The van der Waals surface area contributed by atoms with Crippen LogP contribution in [0.2, 0.25) is 0 Å². The minimum Gasteiger partial charge on any atom is -0.476 e. The van der Waals surface area contributed by atoms with Gasteiger partial charge in [-0.1, -0.05) is 6.92 Å². The topological polar surface area (TPSA) is 95.9 Å². The molecule has 0 saturated carbocycles. The lowest BCUT2D eigenvalue weighted by Crippen LogP contribution is -2.43. The quantitative estimate of drug-likeness (QED) is 0.587. The van der Waals surface area contributed by atoms with Crippen LogP contribution in [0.5, 0.6) is 5.75 Å². The van der Waals surface area contributed by atoms with E-state index >= 15 is 0 Å². The Morgan fingerprint density at radius 2 is 1.93 bits per heavy atom. The monoisotopic (exact) mass is 439 g/mol. The molecule has 0 fully saturated rings. The predicted octanol–water partition coefficient (Wildman–Crippen LogP) is 3.80. The fourth-order valence-corrected chi connectivity index (χ4v) is 3.49. The Labute approximate surface area is 174 Å². The van der Waals surface area contributed by atoms with E-state index in [0.717, 1.165) is 12.3 Å². The van der Waals surface area contributed by atoms with E-state index in [-0.39, 0.29) is 5.52 Å². The number of ether oxygens (including phenoxy) is 1. The second kappa shape index (κ2) is 7.78. The van der Waals surface area contributed by atoms with E-state index < -0.39 is 23.2 Å². The predicted molar refractivity (Wildman–Crippen MR) is 107 cm³/mol. The van der Waals surface area contributed by atoms with Gasteiger partial charge in [-0.15, -0.1) is 11.8 Å². The first-order valence-corrected chi connectivity index (χ1v) is 9.94. The Hall–Kier alpha value is -2.82. The number of amides is 1. The van der Waals surface area contributed by atoms with Gasteiger partial charge in [-0.3, -0.25) is 4.79 Å². The van der Waals surface area contributed by atoms with Crippen LogP contribution in [-0.2, 0) is 18.0 Å². The first-order valence-electron chi connectivity index (χ1n) is 8.96. The lowest BCUT2D eigenvalue weighted by Gasteiger charge is -2.23. The second-order valence-electron chi connectivity index (χ2n) is 6.99. The number of rotatable bonds is 6. The Morgan fingerprint density at radius 3 is 2.53 bits per heavy atom. The largest absolute Gasteiger partial charge is 0.476 e. The van der Waals surface area contributed by atoms with Crippen LogP contribution in [0.3, 0.4) is 0 Å². The zero-order valence-electron chi connectivity index (χ0n) is 16.7. The van der Waals surface area contributed by atoms with E-state index in [0.29, 0.717) is 33.6 Å². The summed E-state index contributed by atoms with van der Waals surface area (Å²) in [5.41, 5.74) is 4.15. The summed E-state index contributed by atoms with van der Waals surface area (Å²) >= 11 is 1.46. The Morgan fingerprint density at radius 1 is 1.23 bits per heavy atom. The van der Waals surface area contributed by atoms with Crippen molar-refractivity contribution in [3.8, 4) is 17.3 Å². The Balaban J connectivity index is 2.09. The number of carbonyl (C=O) groups is 1. The maximum Gasteiger partial charge on any atom is 0.417 e. The van der Waals surface area contributed by atoms with E-state index in [2.05, 4.69) is 15.0 Å². The summed E-state index contributed by atoms with van der Waals surface area (Å²) in [5, 5.41) is 0. The van der Waals surface area contributed by atoms with Gasteiger partial charge >= 0.3 is 6.18 Å². The molecule has 3 rings (SSSR count). The first-order chi connectivity index (χ1) is 13.9. The molecule has 0 bridgehead atoms. The van der Waals surface area contributed by atoms with Gasteiger partial charge in [0.05, 0.1) is 11.8 Å². The molecule has 0 saturated heterocycles. The molecular weight excluding hydrogens is 419 g/mol. The lowest BCUT2D eigenvalue weighted by atomic mass is 10.1. The summed E-state index contributed by atoms with van der Waals surface area (Å²) in [7, 11) is 1.66. The average molecular weight is 439 g/mol. The summed E-state index contributed by atoms with van der Waals surface area (Å²) in [6.45, 7) is 5.04. The fraction of sp³-hybridized carbons (Fsp3) is 0.368. The highest BCUT2D eigenvalue weighted by Crippen LogP contribution is 2.35. The summed E-state index contributed by atoms with van der Waals surface area (Å²) in [5.74, 6) is 0.791. The molecule has 0 aliphatic heterocycles. The number of alkyl halides is 3. The van der Waals surface area contributed by atoms with Gasteiger partial charge in [-0.05, 0) is 31.7 Å². The number of aryl methyl sites for hydroxylation is 1. The van der Waals surface area contributed by atoms with Crippen LogP contribution in [0.15, 0.2) is 29.4 Å². The normalized spacial score (nSPS) is 12.4. The van der Waals surface area contributed by atoms with Gasteiger partial charge in [-0.25, -0.2) is 15.0 Å². The van der Waals surface area contributed by atoms with Gasteiger partial charge in [0.2, 0.25) is 0 Å². The molecule has 0 atom stereocenters. The fourth-order valence-electron chi connectivity index (χ4n) is 2.70. The van der Waals surface area contributed by atoms with Crippen LogP contribution >= 0.6 is 11.8 Å². The number of thioether (sulfide) groups is 1. The molecule has 0 radical (unpaired) electrons. The molecule has 3 aromatic heterocycles. The van der Waals surface area contributed by atoms with Crippen molar-refractivity contribution in [2.75, 3.05) is 5.75 Å². The molecule has 7 nitrogen and oxygen atoms in total. The molecule has 0 aromatic carbocycles. The highest BCUT2D eigenvalue weighted by molar-refractivity contribution is 7.99. The minimum atomic E-state index is -4.51. The summed E-state index contributed by atoms with van der Waals surface area (Å²) in [6.07, 6.45) is -2.30. The number of hydrogen-bond donors (Lipinski definition) is 1. The molecule has 0 aliphatic carbocycles. The number of carbonyl (C=O) groups excluding carboxylic acids is 1. The van der Waals surface area contributed by atoms with Crippen LogP contribution in [0.1, 0.15) is 26.3 Å². The van der Waals surface area contributed by atoms with E-state index in [1.807, 2.05) is 6.92 Å². The number of primary amides is 1. The number of aromatic nitrogens is 4. The number of pyridine rings is 2. The van der Waals surface area contributed by atoms with Crippen LogP contribution in [0.4, 0.5) is 13.2 Å². The number of hydrogen-bond acceptors (Lipinski definition) is 6. The molecule has 1 amide bonds. The SMILES string of the molecule is CCSc1cc(OC(C)(C)C(N)=O)cnc1-c1nc2cc(C(F)(F)F)cnc2n1C. The average Bonchev–Trinajstić information content (AvgIpc) is 2.97. The van der Waals surface area contributed by atoms with Crippen molar-refractivity contribution in [3.63, 3.8) is 0 Å². The summed E-state index contributed by atoms with van der Waals surface area (Å²) in [4.78, 5) is 24.9. The maximum atomic E-state index is 13.0. The highest BCUT2D eigenvalue weighted by atomic mass is 32.2. The zero-order chi connectivity index (χ0) is 22.3. The molecule has 0 unspecified atom stereocenters. The number of fused-ring (bicyclic) bond motifs is 1. The zero-order valence-corrected chi connectivity index (χ0v) is 17.6. The van der Waals surface area contributed by atoms with Gasteiger partial charge in [0.1, 0.15) is 17.0 Å². The van der Waals surface area contributed by atoms with Gasteiger partial charge < -0.3 is 15.0 Å². The molecule has 0 aliphatic rings. The lowest BCUT2D eigenvalue weighted by molar-refractivity contribution is -0.137. The standard InChI is InChI=1S/C19H20F3N5O2S/c1-5-30-13-7-11(29-18(2,3)17(23)28)9-24-14(13)16-26-12-6-10(19(20,21)22)8-25-15(12)27(16)4/h6-9H,5H2,1-4H3,(H2,23,28). The minimum absolute atomic E-state index is 0.117. The molecule has 30 heavy (non-hydrogen) atoms. The molecule has 2 N–H and O–H groups in total. The van der Waals surface area contributed by atoms with E-state index in [1.54, 1.807) is 31.5 Å². The number of halogens is 3. The molecule has 3 heterocycles. The van der Waals surface area contributed by atoms with Crippen LogP contribution in [0, 0.1) is 0 Å². The third-order valence-corrected chi connectivity index (χ3v) is 5.25. The second-order valence-corrected chi connectivity index (χ2v) is 8.29. The van der Waals surface area contributed by atoms with Crippen molar-refractivity contribution in [1.29, 1.82) is 0 Å².